The molecule has 3 aromatic rings. The highest BCUT2D eigenvalue weighted by Crippen LogP contribution is 2.23. The van der Waals surface area contributed by atoms with Crippen molar-refractivity contribution in [2.45, 2.75) is 26.8 Å². The lowest BCUT2D eigenvalue weighted by Crippen LogP contribution is -2.27. The summed E-state index contributed by atoms with van der Waals surface area (Å²) < 4.78 is 5.16. The topological polar surface area (TPSA) is 70.9 Å². The molecule has 0 saturated heterocycles. The molecule has 0 aliphatic carbocycles. The second-order valence-corrected chi connectivity index (χ2v) is 5.18. The van der Waals surface area contributed by atoms with E-state index in [9.17, 15) is 4.79 Å². The van der Waals surface area contributed by atoms with E-state index in [0.29, 0.717) is 5.56 Å². The number of carbonyl (C=O) groups is 1. The number of hydrogen-bond acceptors (Lipinski definition) is 3. The monoisotopic (exact) mass is 283 g/mol. The molecule has 2 aromatic heterocycles. The fourth-order valence-electron chi connectivity index (χ4n) is 2.74. The molecule has 1 atom stereocenters. The summed E-state index contributed by atoms with van der Waals surface area (Å²) in [6.45, 7) is 5.66. The van der Waals surface area contributed by atoms with Crippen LogP contribution in [0.4, 0.5) is 0 Å². The number of nitrogens with zero attached hydrogens (tertiary/aromatic N) is 1. The Morgan fingerprint density at radius 3 is 2.86 bits per heavy atom. The number of aryl methyl sites for hydroxylation is 2. The van der Waals surface area contributed by atoms with Crippen LogP contribution in [-0.4, -0.2) is 16.0 Å². The second kappa shape index (κ2) is 5.09. The Labute approximate surface area is 122 Å². The van der Waals surface area contributed by atoms with Crippen LogP contribution in [0.3, 0.4) is 0 Å². The molecule has 1 aromatic carbocycles. The summed E-state index contributed by atoms with van der Waals surface area (Å²) >= 11 is 0. The molecule has 2 heterocycles. The van der Waals surface area contributed by atoms with Gasteiger partial charge in [-0.05, 0) is 39.0 Å². The van der Waals surface area contributed by atoms with Gasteiger partial charge in [-0.3, -0.25) is 4.79 Å². The van der Waals surface area contributed by atoms with E-state index in [1.807, 2.05) is 51.2 Å². The van der Waals surface area contributed by atoms with E-state index in [2.05, 4.69) is 15.5 Å². The Kier molecular flexibility index (Phi) is 3.25. The first kappa shape index (κ1) is 13.4. The van der Waals surface area contributed by atoms with Gasteiger partial charge in [0, 0.05) is 28.2 Å². The van der Waals surface area contributed by atoms with E-state index in [-0.39, 0.29) is 11.9 Å². The minimum absolute atomic E-state index is 0.104. The molecule has 21 heavy (non-hydrogen) atoms. The number of H-pyrrole nitrogens is 1. The molecular weight excluding hydrogens is 266 g/mol. The van der Waals surface area contributed by atoms with E-state index in [1.165, 1.54) is 0 Å². The summed E-state index contributed by atoms with van der Waals surface area (Å²) in [6, 6.07) is 7.40. The molecule has 2 N–H and O–H groups in total. The van der Waals surface area contributed by atoms with Crippen LogP contribution >= 0.6 is 0 Å². The van der Waals surface area contributed by atoms with Gasteiger partial charge in [0.25, 0.3) is 5.91 Å². The number of carbonyl (C=O) groups excluding carboxylic acids is 1. The lowest BCUT2D eigenvalue weighted by Gasteiger charge is -2.14. The maximum Gasteiger partial charge on any atom is 0.252 e. The van der Waals surface area contributed by atoms with E-state index < -0.39 is 0 Å². The summed E-state index contributed by atoms with van der Waals surface area (Å²) in [4.78, 5) is 15.6. The molecule has 1 amide bonds. The summed E-state index contributed by atoms with van der Waals surface area (Å²) in [6.07, 6.45) is 1.83. The number of nitrogens with one attached hydrogen (secondary N) is 2. The van der Waals surface area contributed by atoms with Gasteiger partial charge in [-0.15, -0.1) is 0 Å². The Morgan fingerprint density at radius 1 is 1.33 bits per heavy atom. The third-order valence-corrected chi connectivity index (χ3v) is 3.71. The van der Waals surface area contributed by atoms with Gasteiger partial charge in [0.2, 0.25) is 0 Å². The summed E-state index contributed by atoms with van der Waals surface area (Å²) in [7, 11) is 0. The number of benzene rings is 1. The standard InChI is InChI=1S/C16H17N3O2/c1-9(15-10(2)19-21-11(15)3)18-16(20)13-5-4-6-14-12(13)7-8-17-14/h4-9,17H,1-3H3,(H,18,20). The van der Waals surface area contributed by atoms with Gasteiger partial charge in [0.15, 0.2) is 0 Å². The molecule has 0 spiro atoms. The minimum atomic E-state index is -0.155. The van der Waals surface area contributed by atoms with Crippen molar-refractivity contribution in [1.82, 2.24) is 15.5 Å². The smallest absolute Gasteiger partial charge is 0.252 e. The molecule has 0 fully saturated rings. The molecule has 5 nitrogen and oxygen atoms in total. The molecule has 0 radical (unpaired) electrons. The number of rotatable bonds is 3. The van der Waals surface area contributed by atoms with Gasteiger partial charge in [-0.2, -0.15) is 0 Å². The molecule has 1 unspecified atom stereocenters. The van der Waals surface area contributed by atoms with Gasteiger partial charge in [0.05, 0.1) is 11.7 Å². The largest absolute Gasteiger partial charge is 0.361 e. The molecule has 108 valence electrons. The second-order valence-electron chi connectivity index (χ2n) is 5.18. The maximum atomic E-state index is 12.5. The van der Waals surface area contributed by atoms with Crippen LogP contribution in [0.2, 0.25) is 0 Å². The van der Waals surface area contributed by atoms with E-state index in [1.54, 1.807) is 0 Å². The fourth-order valence-corrected chi connectivity index (χ4v) is 2.74. The Bertz CT molecular complexity index is 781. The van der Waals surface area contributed by atoms with Crippen molar-refractivity contribution >= 4 is 16.8 Å². The van der Waals surface area contributed by atoms with E-state index >= 15 is 0 Å². The van der Waals surface area contributed by atoms with Gasteiger partial charge >= 0.3 is 0 Å². The van der Waals surface area contributed by atoms with Crippen LogP contribution in [0.25, 0.3) is 10.9 Å². The van der Waals surface area contributed by atoms with Crippen LogP contribution in [0.1, 0.15) is 40.3 Å². The summed E-state index contributed by atoms with van der Waals surface area (Å²) in [5, 5.41) is 7.85. The first-order chi connectivity index (χ1) is 10.1. The van der Waals surface area contributed by atoms with E-state index in [4.69, 9.17) is 4.52 Å². The number of aromatic nitrogens is 2. The van der Waals surface area contributed by atoms with Crippen molar-refractivity contribution < 1.29 is 9.32 Å². The summed E-state index contributed by atoms with van der Waals surface area (Å²) in [5.74, 6) is 0.632. The zero-order valence-corrected chi connectivity index (χ0v) is 12.2. The summed E-state index contributed by atoms with van der Waals surface area (Å²) in [5.41, 5.74) is 3.35. The van der Waals surface area contributed by atoms with Gasteiger partial charge < -0.3 is 14.8 Å². The predicted molar refractivity (Wildman–Crippen MR) is 80.2 cm³/mol. The number of aromatic amines is 1. The molecule has 0 aliphatic rings. The van der Waals surface area contributed by atoms with Crippen LogP contribution in [0.15, 0.2) is 35.0 Å². The van der Waals surface area contributed by atoms with Crippen LogP contribution in [0.5, 0.6) is 0 Å². The van der Waals surface area contributed by atoms with Crippen molar-refractivity contribution in [3.05, 3.63) is 53.0 Å². The molecule has 0 aliphatic heterocycles. The van der Waals surface area contributed by atoms with Crippen molar-refractivity contribution in [2.75, 3.05) is 0 Å². The molecular formula is C16H17N3O2. The Hall–Kier alpha value is -2.56. The zero-order chi connectivity index (χ0) is 15.0. The number of hydrogen-bond donors (Lipinski definition) is 2. The normalized spacial score (nSPS) is 12.5. The average molecular weight is 283 g/mol. The Balaban J connectivity index is 1.88. The Morgan fingerprint density at radius 2 is 2.14 bits per heavy atom. The number of fused-ring (bicyclic) bond motifs is 1. The third-order valence-electron chi connectivity index (χ3n) is 3.71. The SMILES string of the molecule is Cc1noc(C)c1C(C)NC(=O)c1cccc2[nH]ccc12. The lowest BCUT2D eigenvalue weighted by molar-refractivity contribution is 0.0941. The van der Waals surface area contributed by atoms with E-state index in [0.717, 1.165) is 27.9 Å². The lowest BCUT2D eigenvalue weighted by atomic mass is 10.1. The zero-order valence-electron chi connectivity index (χ0n) is 12.2. The highest BCUT2D eigenvalue weighted by molar-refractivity contribution is 6.06. The highest BCUT2D eigenvalue weighted by Gasteiger charge is 2.19. The predicted octanol–water partition coefficient (Wildman–Crippen LogP) is 3.26. The molecule has 5 heteroatoms. The van der Waals surface area contributed by atoms with Crippen LogP contribution in [0, 0.1) is 13.8 Å². The third kappa shape index (κ3) is 2.31. The van der Waals surface area contributed by atoms with Crippen LogP contribution < -0.4 is 5.32 Å². The number of amides is 1. The fraction of sp³-hybridized carbons (Fsp3) is 0.250. The van der Waals surface area contributed by atoms with Crippen molar-refractivity contribution in [3.63, 3.8) is 0 Å². The highest BCUT2D eigenvalue weighted by atomic mass is 16.5. The first-order valence-corrected chi connectivity index (χ1v) is 6.87. The quantitative estimate of drug-likeness (QED) is 0.775. The first-order valence-electron chi connectivity index (χ1n) is 6.87. The van der Waals surface area contributed by atoms with Crippen molar-refractivity contribution in [2.24, 2.45) is 0 Å². The molecule has 0 saturated carbocycles. The maximum absolute atomic E-state index is 12.5. The molecule has 0 bridgehead atoms. The van der Waals surface area contributed by atoms with Gasteiger partial charge in [0.1, 0.15) is 5.76 Å². The van der Waals surface area contributed by atoms with Gasteiger partial charge in [-0.1, -0.05) is 11.2 Å². The molecule has 3 rings (SSSR count). The van der Waals surface area contributed by atoms with Crippen LogP contribution in [-0.2, 0) is 0 Å². The van der Waals surface area contributed by atoms with Crippen molar-refractivity contribution in [3.8, 4) is 0 Å². The van der Waals surface area contributed by atoms with Crippen molar-refractivity contribution in [1.29, 1.82) is 0 Å². The average Bonchev–Trinajstić information content (AvgIpc) is 3.04. The van der Waals surface area contributed by atoms with Gasteiger partial charge in [-0.25, -0.2) is 0 Å². The minimum Gasteiger partial charge on any atom is -0.361 e.